The van der Waals surface area contributed by atoms with Crippen LogP contribution in [-0.4, -0.2) is 31.6 Å². The van der Waals surface area contributed by atoms with E-state index in [1.165, 1.54) is 6.07 Å². The molecular weight excluding hydrogens is 487 g/mol. The van der Waals surface area contributed by atoms with Crippen LogP contribution in [-0.2, 0) is 4.79 Å². The Kier molecular flexibility index (Phi) is 7.28. The molecule has 0 atom stereocenters. The van der Waals surface area contributed by atoms with Crippen molar-refractivity contribution in [3.8, 4) is 11.5 Å². The number of amides is 2. The summed E-state index contributed by atoms with van der Waals surface area (Å²) in [6.07, 6.45) is 0.605. The third-order valence-electron chi connectivity index (χ3n) is 4.95. The first-order chi connectivity index (χ1) is 15.9. The Morgan fingerprint density at radius 1 is 1.00 bits per heavy atom. The van der Waals surface area contributed by atoms with E-state index >= 15 is 0 Å². The van der Waals surface area contributed by atoms with Crippen LogP contribution >= 0.6 is 34.8 Å². The van der Waals surface area contributed by atoms with Gasteiger partial charge >= 0.3 is 0 Å². The first kappa shape index (κ1) is 23.2. The van der Waals surface area contributed by atoms with Crippen LogP contribution in [0.25, 0.3) is 0 Å². The van der Waals surface area contributed by atoms with E-state index in [1.54, 1.807) is 59.5 Å². The average molecular weight is 506 g/mol. The Morgan fingerprint density at radius 2 is 1.79 bits per heavy atom. The van der Waals surface area contributed by atoms with Gasteiger partial charge in [0.1, 0.15) is 11.5 Å². The predicted molar refractivity (Wildman–Crippen MR) is 130 cm³/mol. The van der Waals surface area contributed by atoms with E-state index in [2.05, 4.69) is 5.32 Å². The topological polar surface area (TPSA) is 67.9 Å². The smallest absolute Gasteiger partial charge is 0.265 e. The lowest BCUT2D eigenvalue weighted by Gasteiger charge is -2.30. The van der Waals surface area contributed by atoms with Crippen molar-refractivity contribution in [2.24, 2.45) is 0 Å². The van der Waals surface area contributed by atoms with E-state index < -0.39 is 0 Å². The van der Waals surface area contributed by atoms with Gasteiger partial charge in [0, 0.05) is 22.8 Å². The Hall–Kier alpha value is -2.93. The molecule has 0 spiro atoms. The van der Waals surface area contributed by atoms with Gasteiger partial charge < -0.3 is 19.7 Å². The molecule has 170 valence electrons. The fraction of sp³-hybridized carbons (Fsp3) is 0.167. The number of rotatable bonds is 7. The molecule has 0 bridgehead atoms. The fourth-order valence-corrected chi connectivity index (χ4v) is 3.73. The van der Waals surface area contributed by atoms with Gasteiger partial charge in [-0.25, -0.2) is 0 Å². The van der Waals surface area contributed by atoms with Gasteiger partial charge in [-0.3, -0.25) is 9.59 Å². The molecule has 1 N–H and O–H groups in total. The highest BCUT2D eigenvalue weighted by atomic mass is 35.5. The number of halogens is 3. The maximum Gasteiger partial charge on any atom is 0.265 e. The number of ether oxygens (including phenoxy) is 2. The van der Waals surface area contributed by atoms with Gasteiger partial charge in [-0.2, -0.15) is 0 Å². The number of anilines is 2. The highest BCUT2D eigenvalue weighted by Gasteiger charge is 2.25. The van der Waals surface area contributed by atoms with Crippen molar-refractivity contribution < 1.29 is 19.1 Å². The molecule has 33 heavy (non-hydrogen) atoms. The molecule has 1 aliphatic heterocycles. The standard InChI is InChI=1S/C24H19Cl3N2O4/c25-16-3-6-18(7-4-16)32-11-1-10-29-21-13-17(5-9-22(21)33-14-23(29)30)28-24(31)15-2-8-19(26)20(27)12-15/h2-9,12-13H,1,10-11,14H2,(H,28,31). The van der Waals surface area contributed by atoms with Crippen molar-refractivity contribution in [2.45, 2.75) is 6.42 Å². The second kappa shape index (κ2) is 10.3. The van der Waals surface area contributed by atoms with Gasteiger partial charge in [0.25, 0.3) is 11.8 Å². The minimum Gasteiger partial charge on any atom is -0.494 e. The largest absolute Gasteiger partial charge is 0.494 e. The molecule has 0 unspecified atom stereocenters. The van der Waals surface area contributed by atoms with E-state index in [4.69, 9.17) is 44.3 Å². The molecule has 0 aromatic heterocycles. The van der Waals surface area contributed by atoms with Crippen molar-refractivity contribution in [3.05, 3.63) is 81.3 Å². The van der Waals surface area contributed by atoms with Crippen LogP contribution in [0, 0.1) is 0 Å². The highest BCUT2D eigenvalue weighted by Crippen LogP contribution is 2.35. The van der Waals surface area contributed by atoms with E-state index in [1.807, 2.05) is 0 Å². The Bertz CT molecular complexity index is 1180. The number of nitrogens with one attached hydrogen (secondary N) is 1. The Morgan fingerprint density at radius 3 is 2.55 bits per heavy atom. The summed E-state index contributed by atoms with van der Waals surface area (Å²) in [5.74, 6) is 0.766. The summed E-state index contributed by atoms with van der Waals surface area (Å²) in [5, 5.41) is 4.11. The number of hydrogen-bond donors (Lipinski definition) is 1. The molecule has 0 aliphatic carbocycles. The predicted octanol–water partition coefficient (Wildman–Crippen LogP) is 6.09. The van der Waals surface area contributed by atoms with Crippen LogP contribution in [0.2, 0.25) is 15.1 Å². The minimum atomic E-state index is -0.348. The molecule has 3 aromatic rings. The third-order valence-corrected chi connectivity index (χ3v) is 5.94. The van der Waals surface area contributed by atoms with E-state index in [0.717, 1.165) is 0 Å². The minimum absolute atomic E-state index is 0.0416. The SMILES string of the molecule is O=C(Nc1ccc2c(c1)N(CCCOc1ccc(Cl)cc1)C(=O)CO2)c1ccc(Cl)c(Cl)c1. The van der Waals surface area contributed by atoms with Crippen LogP contribution in [0.3, 0.4) is 0 Å². The van der Waals surface area contributed by atoms with E-state index in [0.29, 0.717) is 63.1 Å². The van der Waals surface area contributed by atoms with Crippen LogP contribution in [0.4, 0.5) is 11.4 Å². The summed E-state index contributed by atoms with van der Waals surface area (Å²) in [6, 6.07) is 16.9. The number of carbonyl (C=O) groups excluding carboxylic acids is 2. The summed E-state index contributed by atoms with van der Waals surface area (Å²) < 4.78 is 11.3. The van der Waals surface area contributed by atoms with Gasteiger partial charge in [-0.05, 0) is 67.1 Å². The molecule has 6 nitrogen and oxygen atoms in total. The van der Waals surface area contributed by atoms with Crippen LogP contribution in [0.15, 0.2) is 60.7 Å². The van der Waals surface area contributed by atoms with E-state index in [-0.39, 0.29) is 18.4 Å². The lowest BCUT2D eigenvalue weighted by atomic mass is 10.1. The normalized spacial score (nSPS) is 12.7. The molecule has 0 radical (unpaired) electrons. The zero-order valence-corrected chi connectivity index (χ0v) is 19.6. The zero-order valence-electron chi connectivity index (χ0n) is 17.3. The molecule has 0 fully saturated rings. The van der Waals surface area contributed by atoms with Crippen molar-refractivity contribution in [2.75, 3.05) is 30.0 Å². The van der Waals surface area contributed by atoms with Crippen LogP contribution in [0.5, 0.6) is 11.5 Å². The zero-order chi connectivity index (χ0) is 23.4. The Labute approximate surface area is 205 Å². The fourth-order valence-electron chi connectivity index (χ4n) is 3.31. The molecule has 0 saturated heterocycles. The summed E-state index contributed by atoms with van der Waals surface area (Å²) >= 11 is 17.8. The lowest BCUT2D eigenvalue weighted by molar-refractivity contribution is -0.121. The first-order valence-corrected chi connectivity index (χ1v) is 11.3. The van der Waals surface area contributed by atoms with Crippen molar-refractivity contribution in [3.63, 3.8) is 0 Å². The molecule has 2 amide bonds. The number of carbonyl (C=O) groups is 2. The molecular formula is C24H19Cl3N2O4. The first-order valence-electron chi connectivity index (χ1n) is 10.1. The van der Waals surface area contributed by atoms with Crippen LogP contribution < -0.4 is 19.7 Å². The van der Waals surface area contributed by atoms with Gasteiger partial charge in [-0.1, -0.05) is 34.8 Å². The summed E-state index contributed by atoms with van der Waals surface area (Å²) in [5.41, 5.74) is 1.47. The maximum atomic E-state index is 12.6. The van der Waals surface area contributed by atoms with E-state index in [9.17, 15) is 9.59 Å². The number of hydrogen-bond acceptors (Lipinski definition) is 4. The third kappa shape index (κ3) is 5.71. The molecule has 0 saturated carbocycles. The summed E-state index contributed by atoms with van der Waals surface area (Å²) in [4.78, 5) is 26.8. The van der Waals surface area contributed by atoms with Crippen LogP contribution in [0.1, 0.15) is 16.8 Å². The number of benzene rings is 3. The average Bonchev–Trinajstić information content (AvgIpc) is 2.80. The molecule has 9 heteroatoms. The van der Waals surface area contributed by atoms with Gasteiger partial charge in [0.2, 0.25) is 0 Å². The van der Waals surface area contributed by atoms with Gasteiger partial charge in [0.05, 0.1) is 22.3 Å². The monoisotopic (exact) mass is 504 g/mol. The van der Waals surface area contributed by atoms with Gasteiger partial charge in [0.15, 0.2) is 6.61 Å². The molecule has 1 aliphatic rings. The molecule has 4 rings (SSSR count). The Balaban J connectivity index is 1.42. The molecule has 1 heterocycles. The maximum absolute atomic E-state index is 12.6. The van der Waals surface area contributed by atoms with Crippen molar-refractivity contribution in [1.29, 1.82) is 0 Å². The van der Waals surface area contributed by atoms with Crippen molar-refractivity contribution in [1.82, 2.24) is 0 Å². The highest BCUT2D eigenvalue weighted by molar-refractivity contribution is 6.42. The number of fused-ring (bicyclic) bond motifs is 1. The second-order valence-electron chi connectivity index (χ2n) is 7.26. The number of nitrogens with zero attached hydrogens (tertiary/aromatic N) is 1. The molecule has 3 aromatic carbocycles. The summed E-state index contributed by atoms with van der Waals surface area (Å²) in [6.45, 7) is 0.822. The second-order valence-corrected chi connectivity index (χ2v) is 8.51. The quantitative estimate of drug-likeness (QED) is 0.394. The summed E-state index contributed by atoms with van der Waals surface area (Å²) in [7, 11) is 0. The van der Waals surface area contributed by atoms with Gasteiger partial charge in [-0.15, -0.1) is 0 Å². The lowest BCUT2D eigenvalue weighted by Crippen LogP contribution is -2.39. The van der Waals surface area contributed by atoms with Crippen molar-refractivity contribution >= 4 is 58.0 Å².